The van der Waals surface area contributed by atoms with Crippen LogP contribution in [0.5, 0.6) is 5.75 Å². The number of nitrogen functional groups attached to an aromatic ring is 1. The third kappa shape index (κ3) is 2.62. The van der Waals surface area contributed by atoms with Gasteiger partial charge in [-0.3, -0.25) is 0 Å². The van der Waals surface area contributed by atoms with Crippen LogP contribution >= 0.6 is 0 Å². The third-order valence-electron chi connectivity index (χ3n) is 3.67. The van der Waals surface area contributed by atoms with E-state index in [9.17, 15) is 13.2 Å². The fraction of sp³-hybridized carbons (Fsp3) is 0.250. The van der Waals surface area contributed by atoms with E-state index in [0.29, 0.717) is 23.2 Å². The molecule has 6 heteroatoms. The molecule has 0 bridgehead atoms. The molecular formula is C16H15F3N2O. The van der Waals surface area contributed by atoms with Crippen molar-refractivity contribution in [2.45, 2.75) is 18.6 Å². The van der Waals surface area contributed by atoms with Crippen molar-refractivity contribution in [3.63, 3.8) is 0 Å². The van der Waals surface area contributed by atoms with Gasteiger partial charge in [-0.15, -0.1) is 0 Å². The minimum atomic E-state index is -4.46. The summed E-state index contributed by atoms with van der Waals surface area (Å²) in [6.07, 6.45) is -4.12. The lowest BCUT2D eigenvalue weighted by molar-refractivity contribution is -0.139. The SMILES string of the molecule is Nc1cccc(-c2ccc(C(F)(F)F)c3c2CC(N)CO3)c1. The largest absolute Gasteiger partial charge is 0.491 e. The van der Waals surface area contributed by atoms with Gasteiger partial charge >= 0.3 is 6.18 Å². The molecule has 1 aliphatic heterocycles. The Kier molecular flexibility index (Phi) is 3.48. The summed E-state index contributed by atoms with van der Waals surface area (Å²) in [7, 11) is 0. The predicted molar refractivity (Wildman–Crippen MR) is 78.5 cm³/mol. The Balaban J connectivity index is 2.21. The molecule has 2 aromatic rings. The number of alkyl halides is 3. The highest BCUT2D eigenvalue weighted by molar-refractivity contribution is 5.74. The highest BCUT2D eigenvalue weighted by Crippen LogP contribution is 2.43. The lowest BCUT2D eigenvalue weighted by Crippen LogP contribution is -2.35. The van der Waals surface area contributed by atoms with Gasteiger partial charge in [0.15, 0.2) is 0 Å². The van der Waals surface area contributed by atoms with Crippen molar-refractivity contribution >= 4 is 5.69 Å². The van der Waals surface area contributed by atoms with E-state index in [0.717, 1.165) is 11.6 Å². The number of fused-ring (bicyclic) bond motifs is 1. The quantitative estimate of drug-likeness (QED) is 0.795. The van der Waals surface area contributed by atoms with Gasteiger partial charge in [0.25, 0.3) is 0 Å². The molecule has 0 saturated heterocycles. The van der Waals surface area contributed by atoms with Crippen LogP contribution in [0.1, 0.15) is 11.1 Å². The first-order chi connectivity index (χ1) is 10.4. The van der Waals surface area contributed by atoms with Crippen molar-refractivity contribution in [1.29, 1.82) is 0 Å². The molecule has 0 aromatic heterocycles. The minimum absolute atomic E-state index is 0.0798. The molecule has 116 valence electrons. The molecule has 0 aliphatic carbocycles. The molecule has 1 aliphatic rings. The number of nitrogens with two attached hydrogens (primary N) is 2. The first-order valence-corrected chi connectivity index (χ1v) is 6.83. The average Bonchev–Trinajstić information content (AvgIpc) is 2.44. The summed E-state index contributed by atoms with van der Waals surface area (Å²) in [5.41, 5.74) is 13.3. The van der Waals surface area contributed by atoms with Gasteiger partial charge in [-0.2, -0.15) is 13.2 Å². The Morgan fingerprint density at radius 1 is 1.14 bits per heavy atom. The Hall–Kier alpha value is -2.21. The normalized spacial score (nSPS) is 17.7. The second-order valence-electron chi connectivity index (χ2n) is 5.37. The van der Waals surface area contributed by atoms with Crippen LogP contribution < -0.4 is 16.2 Å². The van der Waals surface area contributed by atoms with Gasteiger partial charge in [-0.25, -0.2) is 0 Å². The lowest BCUT2D eigenvalue weighted by atomic mass is 9.90. The number of rotatable bonds is 1. The third-order valence-corrected chi connectivity index (χ3v) is 3.67. The maximum atomic E-state index is 13.1. The molecule has 1 atom stereocenters. The lowest BCUT2D eigenvalue weighted by Gasteiger charge is -2.27. The van der Waals surface area contributed by atoms with Crippen LogP contribution in [-0.2, 0) is 12.6 Å². The van der Waals surface area contributed by atoms with Crippen LogP contribution in [0, 0.1) is 0 Å². The molecule has 0 saturated carbocycles. The molecule has 1 unspecified atom stereocenters. The molecule has 0 radical (unpaired) electrons. The Labute approximate surface area is 125 Å². The number of hydrogen-bond acceptors (Lipinski definition) is 3. The number of hydrogen-bond donors (Lipinski definition) is 2. The van der Waals surface area contributed by atoms with Crippen molar-refractivity contribution in [2.75, 3.05) is 12.3 Å². The Bertz CT molecular complexity index is 713. The number of ether oxygens (including phenoxy) is 1. The van der Waals surface area contributed by atoms with Crippen molar-refractivity contribution in [3.05, 3.63) is 47.5 Å². The maximum absolute atomic E-state index is 13.1. The molecule has 3 nitrogen and oxygen atoms in total. The zero-order valence-electron chi connectivity index (χ0n) is 11.7. The van der Waals surface area contributed by atoms with Crippen LogP contribution in [0.3, 0.4) is 0 Å². The van der Waals surface area contributed by atoms with E-state index in [1.54, 1.807) is 24.3 Å². The summed E-state index contributed by atoms with van der Waals surface area (Å²) in [4.78, 5) is 0. The van der Waals surface area contributed by atoms with Crippen LogP contribution in [0.25, 0.3) is 11.1 Å². The fourth-order valence-electron chi connectivity index (χ4n) is 2.71. The highest BCUT2D eigenvalue weighted by Gasteiger charge is 2.37. The van der Waals surface area contributed by atoms with Crippen LogP contribution in [0.15, 0.2) is 36.4 Å². The number of halogens is 3. The van der Waals surface area contributed by atoms with E-state index in [-0.39, 0.29) is 18.4 Å². The molecule has 0 amide bonds. The molecule has 0 spiro atoms. The van der Waals surface area contributed by atoms with E-state index >= 15 is 0 Å². The van der Waals surface area contributed by atoms with Gasteiger partial charge in [-0.1, -0.05) is 18.2 Å². The van der Waals surface area contributed by atoms with E-state index in [1.807, 2.05) is 0 Å². The number of benzene rings is 2. The fourth-order valence-corrected chi connectivity index (χ4v) is 2.71. The second-order valence-corrected chi connectivity index (χ2v) is 5.37. The first kappa shape index (κ1) is 14.7. The van der Waals surface area contributed by atoms with Crippen LogP contribution in [-0.4, -0.2) is 12.6 Å². The molecule has 2 aromatic carbocycles. The Morgan fingerprint density at radius 3 is 2.59 bits per heavy atom. The first-order valence-electron chi connectivity index (χ1n) is 6.83. The minimum Gasteiger partial charge on any atom is -0.491 e. The van der Waals surface area contributed by atoms with Crippen molar-refractivity contribution in [3.8, 4) is 16.9 Å². The summed E-state index contributed by atoms with van der Waals surface area (Å²) in [5, 5.41) is 0. The van der Waals surface area contributed by atoms with Gasteiger partial charge in [0, 0.05) is 17.3 Å². The maximum Gasteiger partial charge on any atom is 0.419 e. The summed E-state index contributed by atoms with van der Waals surface area (Å²) in [6.45, 7) is 0.0798. The van der Waals surface area contributed by atoms with Crippen molar-refractivity contribution < 1.29 is 17.9 Å². The van der Waals surface area contributed by atoms with Crippen LogP contribution in [0.2, 0.25) is 0 Å². The van der Waals surface area contributed by atoms with Gasteiger partial charge in [0.2, 0.25) is 0 Å². The zero-order valence-corrected chi connectivity index (χ0v) is 11.7. The topological polar surface area (TPSA) is 61.3 Å². The molecule has 22 heavy (non-hydrogen) atoms. The molecule has 4 N–H and O–H groups in total. The van der Waals surface area contributed by atoms with E-state index < -0.39 is 11.7 Å². The number of anilines is 1. The summed E-state index contributed by atoms with van der Waals surface area (Å²) >= 11 is 0. The second kappa shape index (κ2) is 5.21. The van der Waals surface area contributed by atoms with Gasteiger partial charge in [0.1, 0.15) is 12.4 Å². The van der Waals surface area contributed by atoms with Crippen LogP contribution in [0.4, 0.5) is 18.9 Å². The summed E-state index contributed by atoms with van der Waals surface area (Å²) < 4.78 is 44.7. The highest BCUT2D eigenvalue weighted by atomic mass is 19.4. The monoisotopic (exact) mass is 308 g/mol. The predicted octanol–water partition coefficient (Wildman–Crippen LogP) is 3.22. The van der Waals surface area contributed by atoms with Gasteiger partial charge in [-0.05, 0) is 35.7 Å². The smallest absolute Gasteiger partial charge is 0.419 e. The molecular weight excluding hydrogens is 293 g/mol. The summed E-state index contributed by atoms with van der Waals surface area (Å²) in [5.74, 6) is -0.117. The Morgan fingerprint density at radius 2 is 1.91 bits per heavy atom. The van der Waals surface area contributed by atoms with Gasteiger partial charge in [0.05, 0.1) is 5.56 Å². The van der Waals surface area contributed by atoms with E-state index in [4.69, 9.17) is 16.2 Å². The summed E-state index contributed by atoms with van der Waals surface area (Å²) in [6, 6.07) is 9.20. The van der Waals surface area contributed by atoms with Crippen molar-refractivity contribution in [1.82, 2.24) is 0 Å². The van der Waals surface area contributed by atoms with E-state index in [2.05, 4.69) is 0 Å². The molecule has 0 fully saturated rings. The van der Waals surface area contributed by atoms with Crippen molar-refractivity contribution in [2.24, 2.45) is 5.73 Å². The van der Waals surface area contributed by atoms with Gasteiger partial charge < -0.3 is 16.2 Å². The van der Waals surface area contributed by atoms with E-state index in [1.165, 1.54) is 6.07 Å². The molecule has 3 rings (SSSR count). The molecule has 1 heterocycles. The average molecular weight is 308 g/mol. The zero-order chi connectivity index (χ0) is 15.9. The standard InChI is InChI=1S/C16H15F3N2O/c17-16(18,19)14-5-4-12(9-2-1-3-10(20)6-9)13-7-11(21)8-22-15(13)14/h1-6,11H,7-8,20-21H2.